The number of carbonyl (C=O) groups excluding carboxylic acids is 1. The van der Waals surface area contributed by atoms with Crippen LogP contribution in [0, 0.1) is 23.2 Å². The Hall–Kier alpha value is -2.92. The van der Waals surface area contributed by atoms with Gasteiger partial charge in [0.05, 0.1) is 11.3 Å². The Kier molecular flexibility index (Phi) is 8.23. The van der Waals surface area contributed by atoms with Gasteiger partial charge in [0.25, 0.3) is 0 Å². The van der Waals surface area contributed by atoms with Crippen LogP contribution in [0.5, 0.6) is 5.88 Å². The minimum atomic E-state index is -0.977. The Morgan fingerprint density at radius 3 is 2.32 bits per heavy atom. The van der Waals surface area contributed by atoms with Gasteiger partial charge in [-0.2, -0.15) is 5.26 Å². The quantitative estimate of drug-likeness (QED) is 0.460. The summed E-state index contributed by atoms with van der Waals surface area (Å²) >= 11 is 1.29. The second-order valence-electron chi connectivity index (χ2n) is 11.6. The molecule has 7 nitrogen and oxygen atoms in total. The molecule has 2 aliphatic rings. The maximum absolute atomic E-state index is 14.0. The Morgan fingerprint density at radius 2 is 1.78 bits per heavy atom. The number of carbonyl (C=O) groups is 2. The Balaban J connectivity index is 1.57. The van der Waals surface area contributed by atoms with E-state index in [0.717, 1.165) is 56.2 Å². The number of hydrogen-bond acceptors (Lipinski definition) is 6. The average Bonchev–Trinajstić information content (AvgIpc) is 3.32. The van der Waals surface area contributed by atoms with Crippen LogP contribution in [0.2, 0.25) is 0 Å². The second-order valence-corrected chi connectivity index (χ2v) is 12.6. The van der Waals surface area contributed by atoms with Gasteiger partial charge in [-0.3, -0.25) is 4.79 Å². The Bertz CT molecular complexity index is 1150. The number of carboxylic acids is 1. The Morgan fingerprint density at radius 1 is 1.11 bits per heavy atom. The highest BCUT2D eigenvalue weighted by Crippen LogP contribution is 2.42. The third-order valence-corrected chi connectivity index (χ3v) is 9.21. The summed E-state index contributed by atoms with van der Waals surface area (Å²) in [5, 5.41) is 19.1. The Labute approximate surface area is 223 Å². The highest BCUT2D eigenvalue weighted by molar-refractivity contribution is 7.14. The molecule has 2 aliphatic carbocycles. The maximum atomic E-state index is 14.0. The number of carboxylic acid groups (broad SMARTS) is 1. The van der Waals surface area contributed by atoms with E-state index in [2.05, 4.69) is 38.7 Å². The number of nitriles is 1. The monoisotopic (exact) mass is 523 g/mol. The third kappa shape index (κ3) is 6.32. The molecule has 0 atom stereocenters. The largest absolute Gasteiger partial charge is 0.477 e. The lowest BCUT2D eigenvalue weighted by molar-refractivity contribution is -0.124. The van der Waals surface area contributed by atoms with Crippen LogP contribution in [-0.4, -0.2) is 34.1 Å². The molecule has 2 fully saturated rings. The van der Waals surface area contributed by atoms with Crippen molar-refractivity contribution >= 4 is 28.9 Å². The van der Waals surface area contributed by atoms with Crippen LogP contribution in [0.1, 0.15) is 99.2 Å². The van der Waals surface area contributed by atoms with Crippen molar-refractivity contribution in [2.24, 2.45) is 11.8 Å². The average molecular weight is 524 g/mol. The van der Waals surface area contributed by atoms with Crippen LogP contribution >= 0.6 is 11.3 Å². The zero-order chi connectivity index (χ0) is 26.7. The molecule has 4 rings (SSSR count). The number of aromatic nitrogens is 1. The molecule has 37 heavy (non-hydrogen) atoms. The van der Waals surface area contributed by atoms with Crippen LogP contribution in [0.25, 0.3) is 0 Å². The van der Waals surface area contributed by atoms with Gasteiger partial charge in [-0.05, 0) is 74.8 Å². The maximum Gasteiger partial charge on any atom is 0.348 e. The molecule has 8 heteroatoms. The van der Waals surface area contributed by atoms with Crippen molar-refractivity contribution in [1.82, 2.24) is 4.98 Å². The van der Waals surface area contributed by atoms with E-state index in [-0.39, 0.29) is 34.3 Å². The highest BCUT2D eigenvalue weighted by Gasteiger charge is 2.38. The summed E-state index contributed by atoms with van der Waals surface area (Å²) in [4.78, 5) is 33.7. The molecule has 0 aromatic carbocycles. The van der Waals surface area contributed by atoms with E-state index in [1.807, 2.05) is 11.0 Å². The van der Waals surface area contributed by atoms with Crippen molar-refractivity contribution in [3.8, 4) is 11.9 Å². The highest BCUT2D eigenvalue weighted by atomic mass is 32.1. The van der Waals surface area contributed by atoms with E-state index in [1.54, 1.807) is 12.1 Å². The lowest BCUT2D eigenvalue weighted by Gasteiger charge is -2.39. The van der Waals surface area contributed by atoms with E-state index in [1.165, 1.54) is 17.5 Å². The van der Waals surface area contributed by atoms with E-state index in [9.17, 15) is 14.7 Å². The number of amides is 1. The van der Waals surface area contributed by atoms with Crippen molar-refractivity contribution in [2.45, 2.75) is 96.6 Å². The van der Waals surface area contributed by atoms with Gasteiger partial charge in [0.1, 0.15) is 17.1 Å². The van der Waals surface area contributed by atoms with Gasteiger partial charge < -0.3 is 14.7 Å². The number of thiophene rings is 1. The molecule has 0 unspecified atom stereocenters. The molecule has 2 heterocycles. The first kappa shape index (κ1) is 27.1. The second kappa shape index (κ2) is 11.2. The van der Waals surface area contributed by atoms with Gasteiger partial charge >= 0.3 is 5.97 Å². The first-order valence-corrected chi connectivity index (χ1v) is 14.1. The summed E-state index contributed by atoms with van der Waals surface area (Å²) in [7, 11) is 0. The summed E-state index contributed by atoms with van der Waals surface area (Å²) in [5.41, 5.74) is 0.841. The number of rotatable bonds is 6. The smallest absolute Gasteiger partial charge is 0.348 e. The number of ether oxygens (including phenoxy) is 1. The lowest BCUT2D eigenvalue weighted by atomic mass is 9.81. The predicted octanol–water partition coefficient (Wildman–Crippen LogP) is 6.56. The fourth-order valence-corrected chi connectivity index (χ4v) is 6.44. The van der Waals surface area contributed by atoms with Gasteiger partial charge in [0, 0.05) is 29.1 Å². The van der Waals surface area contributed by atoms with Crippen molar-refractivity contribution in [2.75, 3.05) is 4.90 Å². The summed E-state index contributed by atoms with van der Waals surface area (Å²) in [6.07, 6.45) is 8.21. The van der Waals surface area contributed by atoms with E-state index >= 15 is 0 Å². The number of pyridine rings is 1. The molecular weight excluding hydrogens is 486 g/mol. The number of nitrogens with zero attached hydrogens (tertiary/aromatic N) is 3. The SMILES string of the molecule is CC1CCC(C(=O)N(c2cc(C(C)(C)C)sc2C(=O)O)C2CCC(Oc3ccc(C#N)cn3)CC2)CC1. The van der Waals surface area contributed by atoms with Gasteiger partial charge in [-0.1, -0.05) is 27.7 Å². The van der Waals surface area contributed by atoms with Gasteiger partial charge in [-0.25, -0.2) is 9.78 Å². The predicted molar refractivity (Wildman–Crippen MR) is 144 cm³/mol. The molecule has 2 saturated carbocycles. The van der Waals surface area contributed by atoms with Gasteiger partial charge in [-0.15, -0.1) is 11.3 Å². The molecule has 2 aromatic heterocycles. The zero-order valence-corrected chi connectivity index (χ0v) is 23.0. The van der Waals surface area contributed by atoms with E-state index < -0.39 is 5.97 Å². The van der Waals surface area contributed by atoms with E-state index in [4.69, 9.17) is 10.00 Å². The minimum Gasteiger partial charge on any atom is -0.477 e. The van der Waals surface area contributed by atoms with E-state index in [0.29, 0.717) is 23.0 Å². The topological polar surface area (TPSA) is 104 Å². The van der Waals surface area contributed by atoms with Crippen LogP contribution in [0.4, 0.5) is 5.69 Å². The summed E-state index contributed by atoms with van der Waals surface area (Å²) < 4.78 is 6.07. The molecule has 0 radical (unpaired) electrons. The van der Waals surface area contributed by atoms with Crippen molar-refractivity contribution in [3.63, 3.8) is 0 Å². The summed E-state index contributed by atoms with van der Waals surface area (Å²) in [6, 6.07) is 7.34. The first-order valence-electron chi connectivity index (χ1n) is 13.3. The third-order valence-electron chi connectivity index (χ3n) is 7.67. The lowest BCUT2D eigenvalue weighted by Crippen LogP contribution is -2.47. The summed E-state index contributed by atoms with van der Waals surface area (Å²) in [6.45, 7) is 8.45. The summed E-state index contributed by atoms with van der Waals surface area (Å²) in [5.74, 6) is 0.157. The van der Waals surface area contributed by atoms with Crippen LogP contribution in [0.3, 0.4) is 0 Å². The van der Waals surface area contributed by atoms with Crippen molar-refractivity contribution in [3.05, 3.63) is 39.7 Å². The molecule has 0 aliphatic heterocycles. The molecule has 1 amide bonds. The first-order chi connectivity index (χ1) is 17.6. The fraction of sp³-hybridized carbons (Fsp3) is 0.586. The molecule has 0 bridgehead atoms. The van der Waals surface area contributed by atoms with Crippen LogP contribution < -0.4 is 9.64 Å². The number of anilines is 1. The minimum absolute atomic E-state index is 0.0317. The molecule has 0 spiro atoms. The molecular formula is C29H37N3O4S. The normalized spacial score (nSPS) is 24.2. The number of hydrogen-bond donors (Lipinski definition) is 1. The van der Waals surface area contributed by atoms with Gasteiger partial charge in [0.15, 0.2) is 0 Å². The fourth-order valence-electron chi connectivity index (χ4n) is 5.39. The van der Waals surface area contributed by atoms with Crippen molar-refractivity contribution in [1.29, 1.82) is 5.26 Å². The molecule has 1 N–H and O–H groups in total. The zero-order valence-electron chi connectivity index (χ0n) is 22.2. The van der Waals surface area contributed by atoms with Crippen molar-refractivity contribution < 1.29 is 19.4 Å². The molecule has 198 valence electrons. The van der Waals surface area contributed by atoms with Gasteiger partial charge in [0.2, 0.25) is 11.8 Å². The molecule has 0 saturated heterocycles. The molecule has 2 aromatic rings. The van der Waals surface area contributed by atoms with Crippen LogP contribution in [-0.2, 0) is 10.2 Å². The standard InChI is InChI=1S/C29H37N3O4S/c1-18-5-8-20(9-6-18)27(33)32(23-15-24(29(2,3)4)37-26(23)28(34)35)21-10-12-22(13-11-21)36-25-14-7-19(16-30)17-31-25/h7,14-15,17-18,20-22H,5-6,8-13H2,1-4H3,(H,34,35). The van der Waals surface area contributed by atoms with Crippen LogP contribution in [0.15, 0.2) is 24.4 Å². The number of aromatic carboxylic acids is 1.